The fourth-order valence-electron chi connectivity index (χ4n) is 2.14. The number of rotatable bonds is 4. The van der Waals surface area contributed by atoms with Crippen molar-refractivity contribution in [2.45, 2.75) is 35.8 Å². The Hall–Kier alpha value is -1.16. The van der Waals surface area contributed by atoms with Crippen molar-refractivity contribution >= 4 is 17.6 Å². The van der Waals surface area contributed by atoms with Gasteiger partial charge in [-0.1, -0.05) is 12.8 Å². The molecule has 0 radical (unpaired) electrons. The molecule has 0 unspecified atom stereocenters. The van der Waals surface area contributed by atoms with Crippen molar-refractivity contribution in [3.63, 3.8) is 0 Å². The molecule has 1 aliphatic rings. The van der Waals surface area contributed by atoms with Gasteiger partial charge in [-0.3, -0.25) is 5.41 Å². The van der Waals surface area contributed by atoms with Gasteiger partial charge in [0, 0.05) is 15.7 Å². The number of nitrogens with one attached hydrogen (secondary N) is 1. The molecule has 3 N–H and O–H groups in total. The van der Waals surface area contributed by atoms with Gasteiger partial charge < -0.3 is 10.5 Å². The van der Waals surface area contributed by atoms with E-state index in [9.17, 15) is 0 Å². The third kappa shape index (κ3) is 2.94. The SMILES string of the molecule is COc1ccc(C(=N)N)c(SC2CCCC2)c1. The number of amidine groups is 1. The zero-order valence-corrected chi connectivity index (χ0v) is 10.8. The highest BCUT2D eigenvalue weighted by Crippen LogP contribution is 2.37. The third-order valence-corrected chi connectivity index (χ3v) is 4.47. The van der Waals surface area contributed by atoms with Gasteiger partial charge in [0.05, 0.1) is 7.11 Å². The molecule has 1 aromatic carbocycles. The van der Waals surface area contributed by atoms with Crippen LogP contribution in [0.2, 0.25) is 0 Å². The Kier molecular flexibility index (Phi) is 3.94. The molecule has 0 amide bonds. The van der Waals surface area contributed by atoms with Crippen LogP contribution < -0.4 is 10.5 Å². The van der Waals surface area contributed by atoms with E-state index in [0.717, 1.165) is 16.2 Å². The highest BCUT2D eigenvalue weighted by atomic mass is 32.2. The molecule has 1 aromatic rings. The van der Waals surface area contributed by atoms with Crippen LogP contribution in [-0.2, 0) is 0 Å². The van der Waals surface area contributed by atoms with Gasteiger partial charge in [0.2, 0.25) is 0 Å². The van der Waals surface area contributed by atoms with E-state index in [4.69, 9.17) is 15.9 Å². The third-order valence-electron chi connectivity index (χ3n) is 3.07. The largest absolute Gasteiger partial charge is 0.497 e. The van der Waals surface area contributed by atoms with E-state index < -0.39 is 0 Å². The van der Waals surface area contributed by atoms with Crippen molar-refractivity contribution in [3.05, 3.63) is 23.8 Å². The van der Waals surface area contributed by atoms with Crippen LogP contribution in [-0.4, -0.2) is 18.2 Å². The standard InChI is InChI=1S/C13H18N2OS/c1-16-9-6-7-11(13(14)15)12(8-9)17-10-4-2-3-5-10/h6-8,10H,2-5H2,1H3,(H3,14,15). The van der Waals surface area contributed by atoms with Crippen molar-refractivity contribution < 1.29 is 4.74 Å². The second kappa shape index (κ2) is 5.45. The van der Waals surface area contributed by atoms with Crippen LogP contribution in [0, 0.1) is 5.41 Å². The summed E-state index contributed by atoms with van der Waals surface area (Å²) in [6.45, 7) is 0. The lowest BCUT2D eigenvalue weighted by molar-refractivity contribution is 0.413. The summed E-state index contributed by atoms with van der Waals surface area (Å²) in [7, 11) is 1.66. The minimum Gasteiger partial charge on any atom is -0.497 e. The summed E-state index contributed by atoms with van der Waals surface area (Å²) in [6, 6.07) is 5.72. The van der Waals surface area contributed by atoms with E-state index in [0.29, 0.717) is 5.25 Å². The molecule has 2 rings (SSSR count). The summed E-state index contributed by atoms with van der Waals surface area (Å²) in [5.41, 5.74) is 6.43. The first-order chi connectivity index (χ1) is 8.20. The number of hydrogen-bond donors (Lipinski definition) is 2. The molecule has 92 valence electrons. The highest BCUT2D eigenvalue weighted by Gasteiger charge is 2.18. The lowest BCUT2D eigenvalue weighted by atomic mass is 10.2. The molecule has 0 spiro atoms. The summed E-state index contributed by atoms with van der Waals surface area (Å²) < 4.78 is 5.23. The molecule has 0 aliphatic heterocycles. The summed E-state index contributed by atoms with van der Waals surface area (Å²) in [4.78, 5) is 1.07. The summed E-state index contributed by atoms with van der Waals surface area (Å²) in [6.07, 6.45) is 5.16. The molecule has 4 heteroatoms. The molecule has 3 nitrogen and oxygen atoms in total. The maximum atomic E-state index is 7.60. The Morgan fingerprint density at radius 3 is 2.71 bits per heavy atom. The lowest BCUT2D eigenvalue weighted by Gasteiger charge is -2.13. The van der Waals surface area contributed by atoms with E-state index in [1.54, 1.807) is 7.11 Å². The second-order valence-electron chi connectivity index (χ2n) is 4.30. The maximum Gasteiger partial charge on any atom is 0.123 e. The first-order valence-corrected chi connectivity index (χ1v) is 6.78. The number of nitrogens with two attached hydrogens (primary N) is 1. The Balaban J connectivity index is 2.24. The van der Waals surface area contributed by atoms with Gasteiger partial charge >= 0.3 is 0 Å². The Morgan fingerprint density at radius 1 is 1.41 bits per heavy atom. The first kappa shape index (κ1) is 12.3. The molecule has 0 atom stereocenters. The van der Waals surface area contributed by atoms with Gasteiger partial charge in [-0.25, -0.2) is 0 Å². The summed E-state index contributed by atoms with van der Waals surface area (Å²) >= 11 is 1.83. The fraction of sp³-hybridized carbons (Fsp3) is 0.462. The van der Waals surface area contributed by atoms with Crippen LogP contribution in [0.5, 0.6) is 5.75 Å². The monoisotopic (exact) mass is 250 g/mol. The molecule has 0 heterocycles. The van der Waals surface area contributed by atoms with Gasteiger partial charge in [0.15, 0.2) is 0 Å². The minimum absolute atomic E-state index is 0.133. The quantitative estimate of drug-likeness (QED) is 0.638. The van der Waals surface area contributed by atoms with Gasteiger partial charge in [-0.2, -0.15) is 0 Å². The predicted molar refractivity (Wildman–Crippen MR) is 72.1 cm³/mol. The van der Waals surface area contributed by atoms with Gasteiger partial charge in [0.25, 0.3) is 0 Å². The maximum absolute atomic E-state index is 7.60. The van der Waals surface area contributed by atoms with Gasteiger partial charge in [-0.05, 0) is 31.0 Å². The zero-order chi connectivity index (χ0) is 12.3. The molecule has 0 aromatic heterocycles. The van der Waals surface area contributed by atoms with Gasteiger partial charge in [0.1, 0.15) is 11.6 Å². The van der Waals surface area contributed by atoms with Crippen LogP contribution in [0.4, 0.5) is 0 Å². The van der Waals surface area contributed by atoms with Crippen molar-refractivity contribution in [3.8, 4) is 5.75 Å². The highest BCUT2D eigenvalue weighted by molar-refractivity contribution is 8.00. The second-order valence-corrected chi connectivity index (χ2v) is 5.64. The summed E-state index contributed by atoms with van der Waals surface area (Å²) in [5.74, 6) is 0.962. The normalized spacial score (nSPS) is 16.1. The number of nitrogen functional groups attached to an aromatic ring is 1. The molecule has 0 bridgehead atoms. The van der Waals surface area contributed by atoms with E-state index in [1.807, 2.05) is 30.0 Å². The van der Waals surface area contributed by atoms with Gasteiger partial charge in [-0.15, -0.1) is 11.8 Å². The number of benzene rings is 1. The van der Waals surface area contributed by atoms with Crippen molar-refractivity contribution in [2.24, 2.45) is 5.73 Å². The predicted octanol–water partition coefficient (Wildman–Crippen LogP) is 3.01. The average molecular weight is 250 g/mol. The van der Waals surface area contributed by atoms with E-state index in [1.165, 1.54) is 25.7 Å². The lowest BCUT2D eigenvalue weighted by Crippen LogP contribution is -2.13. The number of thioether (sulfide) groups is 1. The Morgan fingerprint density at radius 2 is 2.12 bits per heavy atom. The average Bonchev–Trinajstić information content (AvgIpc) is 2.81. The topological polar surface area (TPSA) is 59.1 Å². The van der Waals surface area contributed by atoms with Crippen molar-refractivity contribution in [1.29, 1.82) is 5.41 Å². The summed E-state index contributed by atoms with van der Waals surface area (Å²) in [5, 5.41) is 8.27. The molecular formula is C13H18N2OS. The van der Waals surface area contributed by atoms with E-state index in [-0.39, 0.29) is 5.84 Å². The number of hydrogen-bond acceptors (Lipinski definition) is 3. The van der Waals surface area contributed by atoms with Crippen LogP contribution in [0.25, 0.3) is 0 Å². The zero-order valence-electron chi connectivity index (χ0n) is 10.0. The molecular weight excluding hydrogens is 232 g/mol. The van der Waals surface area contributed by atoms with E-state index >= 15 is 0 Å². The van der Waals surface area contributed by atoms with Crippen LogP contribution in [0.15, 0.2) is 23.1 Å². The number of methoxy groups -OCH3 is 1. The molecule has 17 heavy (non-hydrogen) atoms. The van der Waals surface area contributed by atoms with Crippen LogP contribution in [0.1, 0.15) is 31.2 Å². The van der Waals surface area contributed by atoms with Crippen LogP contribution in [0.3, 0.4) is 0 Å². The minimum atomic E-state index is 0.133. The molecule has 1 fully saturated rings. The number of ether oxygens (including phenoxy) is 1. The van der Waals surface area contributed by atoms with Crippen LogP contribution >= 0.6 is 11.8 Å². The Bertz CT molecular complexity index is 414. The fourth-order valence-corrected chi connectivity index (χ4v) is 3.55. The molecule has 1 aliphatic carbocycles. The van der Waals surface area contributed by atoms with Crippen molar-refractivity contribution in [2.75, 3.05) is 7.11 Å². The van der Waals surface area contributed by atoms with E-state index in [2.05, 4.69) is 0 Å². The first-order valence-electron chi connectivity index (χ1n) is 5.90. The molecule has 1 saturated carbocycles. The molecule has 0 saturated heterocycles. The smallest absolute Gasteiger partial charge is 0.123 e. The van der Waals surface area contributed by atoms with Crippen molar-refractivity contribution in [1.82, 2.24) is 0 Å². The Labute approximate surface area is 106 Å².